The molecule has 3 aromatic rings. The van der Waals surface area contributed by atoms with Crippen LogP contribution in [0.5, 0.6) is 0 Å². The average Bonchev–Trinajstić information content (AvgIpc) is 2.72. The first-order valence-corrected chi connectivity index (χ1v) is 9.57. The first kappa shape index (κ1) is 19.8. The van der Waals surface area contributed by atoms with Crippen LogP contribution in [-0.4, -0.2) is 28.0 Å². The summed E-state index contributed by atoms with van der Waals surface area (Å²) in [5.41, 5.74) is 0.803. The fourth-order valence-corrected chi connectivity index (χ4v) is 3.71. The summed E-state index contributed by atoms with van der Waals surface area (Å²) in [5, 5.41) is 13.6. The Morgan fingerprint density at radius 3 is 2.37 bits per heavy atom. The number of amides is 2. The number of nitrogens with zero attached hydrogens (tertiary/aromatic N) is 1. The van der Waals surface area contributed by atoms with E-state index in [1.54, 1.807) is 54.6 Å². The molecule has 6 nitrogen and oxygen atoms in total. The molecule has 30 heavy (non-hydrogen) atoms. The fourth-order valence-electron chi connectivity index (χ4n) is 3.31. The van der Waals surface area contributed by atoms with Crippen LogP contribution in [0.4, 0.5) is 5.69 Å². The SMILES string of the molecule is O=C1NC(=S)N(c2ccc(Cl)cc2)C(=O)/C1=C\c1cccc2cccc(C(=O)O)c12. The van der Waals surface area contributed by atoms with Gasteiger partial charge in [-0.05, 0) is 59.6 Å². The van der Waals surface area contributed by atoms with E-state index in [2.05, 4.69) is 5.32 Å². The Morgan fingerprint density at radius 2 is 1.70 bits per heavy atom. The van der Waals surface area contributed by atoms with Gasteiger partial charge in [-0.1, -0.05) is 41.9 Å². The van der Waals surface area contributed by atoms with Gasteiger partial charge in [0.2, 0.25) is 0 Å². The van der Waals surface area contributed by atoms with Crippen molar-refractivity contribution in [2.75, 3.05) is 4.90 Å². The van der Waals surface area contributed by atoms with Gasteiger partial charge in [0.25, 0.3) is 11.8 Å². The third kappa shape index (κ3) is 3.45. The van der Waals surface area contributed by atoms with Gasteiger partial charge in [-0.25, -0.2) is 4.79 Å². The maximum Gasteiger partial charge on any atom is 0.336 e. The molecular formula is C22H13ClN2O4S. The van der Waals surface area contributed by atoms with E-state index in [0.717, 1.165) is 0 Å². The summed E-state index contributed by atoms with van der Waals surface area (Å²) in [6, 6.07) is 16.5. The van der Waals surface area contributed by atoms with Crippen molar-refractivity contribution < 1.29 is 19.5 Å². The van der Waals surface area contributed by atoms with Gasteiger partial charge in [0, 0.05) is 10.4 Å². The predicted molar refractivity (Wildman–Crippen MR) is 119 cm³/mol. The van der Waals surface area contributed by atoms with Crippen LogP contribution in [-0.2, 0) is 9.59 Å². The number of aromatic carboxylic acids is 1. The van der Waals surface area contributed by atoms with E-state index >= 15 is 0 Å². The van der Waals surface area contributed by atoms with Crippen LogP contribution < -0.4 is 10.2 Å². The lowest BCUT2D eigenvalue weighted by molar-refractivity contribution is -0.122. The number of halogens is 1. The molecule has 1 fully saturated rings. The number of anilines is 1. The molecule has 8 heteroatoms. The van der Waals surface area contributed by atoms with E-state index in [-0.39, 0.29) is 16.2 Å². The maximum atomic E-state index is 13.2. The first-order chi connectivity index (χ1) is 14.4. The summed E-state index contributed by atoms with van der Waals surface area (Å²) >= 11 is 11.1. The molecule has 0 bridgehead atoms. The van der Waals surface area contributed by atoms with Crippen molar-refractivity contribution in [3.63, 3.8) is 0 Å². The largest absolute Gasteiger partial charge is 0.478 e. The molecule has 0 saturated carbocycles. The van der Waals surface area contributed by atoms with Gasteiger partial charge in [-0.15, -0.1) is 0 Å². The molecule has 1 aliphatic heterocycles. The molecular weight excluding hydrogens is 424 g/mol. The number of hydrogen-bond acceptors (Lipinski definition) is 4. The van der Waals surface area contributed by atoms with Gasteiger partial charge in [0.15, 0.2) is 5.11 Å². The van der Waals surface area contributed by atoms with Crippen molar-refractivity contribution in [2.24, 2.45) is 0 Å². The van der Waals surface area contributed by atoms with Crippen LogP contribution in [0, 0.1) is 0 Å². The minimum absolute atomic E-state index is 0.0476. The van der Waals surface area contributed by atoms with Gasteiger partial charge in [0.05, 0.1) is 11.3 Å². The molecule has 1 aliphatic rings. The van der Waals surface area contributed by atoms with Crippen molar-refractivity contribution >= 4 is 69.3 Å². The third-order valence-electron chi connectivity index (χ3n) is 4.65. The third-order valence-corrected chi connectivity index (χ3v) is 5.19. The van der Waals surface area contributed by atoms with Crippen LogP contribution >= 0.6 is 23.8 Å². The second-order valence-electron chi connectivity index (χ2n) is 6.49. The number of benzene rings is 3. The number of thiocarbonyl (C=S) groups is 1. The summed E-state index contributed by atoms with van der Waals surface area (Å²) in [5.74, 6) is -2.37. The summed E-state index contributed by atoms with van der Waals surface area (Å²) < 4.78 is 0. The minimum Gasteiger partial charge on any atom is -0.478 e. The monoisotopic (exact) mass is 436 g/mol. The van der Waals surface area contributed by atoms with Crippen LogP contribution in [0.2, 0.25) is 5.02 Å². The first-order valence-electron chi connectivity index (χ1n) is 8.79. The lowest BCUT2D eigenvalue weighted by Gasteiger charge is -2.29. The van der Waals surface area contributed by atoms with E-state index in [4.69, 9.17) is 23.8 Å². The Hall–Kier alpha value is -3.55. The summed E-state index contributed by atoms with van der Waals surface area (Å²) in [4.78, 5) is 38.6. The summed E-state index contributed by atoms with van der Waals surface area (Å²) in [6.07, 6.45) is 1.39. The quantitative estimate of drug-likeness (QED) is 0.368. The molecule has 148 valence electrons. The lowest BCUT2D eigenvalue weighted by Crippen LogP contribution is -2.54. The molecule has 2 N–H and O–H groups in total. The highest BCUT2D eigenvalue weighted by atomic mass is 35.5. The molecule has 2 amide bonds. The molecule has 1 heterocycles. The highest BCUT2D eigenvalue weighted by molar-refractivity contribution is 7.80. The van der Waals surface area contributed by atoms with Gasteiger partial charge in [0.1, 0.15) is 5.57 Å². The number of carbonyl (C=O) groups excluding carboxylic acids is 2. The Kier molecular flexibility index (Phi) is 5.07. The van der Waals surface area contributed by atoms with Crippen molar-refractivity contribution in [3.8, 4) is 0 Å². The minimum atomic E-state index is -1.10. The number of fused-ring (bicyclic) bond motifs is 1. The van der Waals surface area contributed by atoms with Crippen molar-refractivity contribution in [1.82, 2.24) is 5.32 Å². The number of carbonyl (C=O) groups is 3. The Balaban J connectivity index is 1.86. The average molecular weight is 437 g/mol. The zero-order chi connectivity index (χ0) is 21.4. The van der Waals surface area contributed by atoms with Crippen molar-refractivity contribution in [3.05, 3.63) is 82.4 Å². The van der Waals surface area contributed by atoms with E-state index in [1.807, 2.05) is 0 Å². The topological polar surface area (TPSA) is 86.7 Å². The zero-order valence-electron chi connectivity index (χ0n) is 15.3. The molecule has 0 atom stereocenters. The number of nitrogens with one attached hydrogen (secondary N) is 1. The van der Waals surface area contributed by atoms with Crippen LogP contribution in [0.1, 0.15) is 15.9 Å². The van der Waals surface area contributed by atoms with Gasteiger partial charge < -0.3 is 5.11 Å². The molecule has 1 saturated heterocycles. The smallest absolute Gasteiger partial charge is 0.336 e. The van der Waals surface area contributed by atoms with E-state index in [1.165, 1.54) is 17.0 Å². The number of carboxylic acid groups (broad SMARTS) is 1. The van der Waals surface area contributed by atoms with Crippen molar-refractivity contribution in [2.45, 2.75) is 0 Å². The van der Waals surface area contributed by atoms with E-state index < -0.39 is 17.8 Å². The highest BCUT2D eigenvalue weighted by Gasteiger charge is 2.34. The molecule has 0 radical (unpaired) electrons. The van der Waals surface area contributed by atoms with E-state index in [9.17, 15) is 19.5 Å². The molecule has 3 aromatic carbocycles. The second-order valence-corrected chi connectivity index (χ2v) is 7.31. The zero-order valence-corrected chi connectivity index (χ0v) is 16.8. The Labute approximate surface area is 181 Å². The molecule has 0 spiro atoms. The summed E-state index contributed by atoms with van der Waals surface area (Å²) in [7, 11) is 0. The fraction of sp³-hybridized carbons (Fsp3) is 0. The van der Waals surface area contributed by atoms with Crippen LogP contribution in [0.15, 0.2) is 66.2 Å². The maximum absolute atomic E-state index is 13.2. The van der Waals surface area contributed by atoms with E-state index in [0.29, 0.717) is 27.0 Å². The second kappa shape index (κ2) is 7.70. The summed E-state index contributed by atoms with van der Waals surface area (Å²) in [6.45, 7) is 0. The number of rotatable bonds is 3. The van der Waals surface area contributed by atoms with Crippen molar-refractivity contribution in [1.29, 1.82) is 0 Å². The van der Waals surface area contributed by atoms with Gasteiger partial charge >= 0.3 is 5.97 Å². The number of carboxylic acids is 1. The Morgan fingerprint density at radius 1 is 1.03 bits per heavy atom. The molecule has 4 rings (SSSR count). The normalized spacial score (nSPS) is 15.6. The lowest BCUT2D eigenvalue weighted by atomic mass is 9.97. The van der Waals surface area contributed by atoms with Gasteiger partial charge in [-0.3, -0.25) is 19.8 Å². The van der Waals surface area contributed by atoms with Crippen LogP contribution in [0.3, 0.4) is 0 Å². The van der Waals surface area contributed by atoms with Crippen LogP contribution in [0.25, 0.3) is 16.8 Å². The predicted octanol–water partition coefficient (Wildman–Crippen LogP) is 4.02. The van der Waals surface area contributed by atoms with Gasteiger partial charge in [-0.2, -0.15) is 0 Å². The molecule has 0 unspecified atom stereocenters. The molecule has 0 aliphatic carbocycles. The standard InChI is InChI=1S/C22H13ClN2O4S/c23-14-7-9-15(10-8-14)25-20(27)17(19(26)24-22(25)30)11-13-5-1-3-12-4-2-6-16(18(12)13)21(28)29/h1-11H,(H,28,29)(H,24,26,30)/b17-11-. The Bertz CT molecular complexity index is 1260. The number of hydrogen-bond donors (Lipinski definition) is 2. The highest BCUT2D eigenvalue weighted by Crippen LogP contribution is 2.28. The molecule has 0 aromatic heterocycles.